The summed E-state index contributed by atoms with van der Waals surface area (Å²) >= 11 is 0. The molecule has 0 aliphatic rings. The third-order valence-corrected chi connectivity index (χ3v) is 2.47. The summed E-state index contributed by atoms with van der Waals surface area (Å²) in [7, 11) is 0. The molecule has 0 aromatic rings. The number of aliphatic hydroxyl groups excluding tert-OH is 5. The molecule has 21 heavy (non-hydrogen) atoms. The highest BCUT2D eigenvalue weighted by Gasteiger charge is 2.31. The molecule has 5 N–H and O–H groups in total. The van der Waals surface area contributed by atoms with Gasteiger partial charge in [-0.1, -0.05) is 0 Å². The second-order valence-electron chi connectivity index (χ2n) is 4.65. The quantitative estimate of drug-likeness (QED) is 0.286. The van der Waals surface area contributed by atoms with Crippen LogP contribution in [0, 0.1) is 0 Å². The Balaban J connectivity index is 4.20. The number of rotatable bonds is 9. The number of carbonyl (C=O) groups is 2. The molecule has 0 radical (unpaired) electrons. The first-order chi connectivity index (χ1) is 9.65. The van der Waals surface area contributed by atoms with E-state index in [0.717, 1.165) is 6.92 Å². The van der Waals surface area contributed by atoms with Crippen LogP contribution in [0.1, 0.15) is 20.3 Å². The molecule has 0 heterocycles. The van der Waals surface area contributed by atoms with Crippen LogP contribution in [0.15, 0.2) is 0 Å². The summed E-state index contributed by atoms with van der Waals surface area (Å²) < 4.78 is 9.02. The van der Waals surface area contributed by atoms with Crippen molar-refractivity contribution in [2.45, 2.75) is 50.8 Å². The van der Waals surface area contributed by atoms with Crippen molar-refractivity contribution in [1.82, 2.24) is 0 Å². The fraction of sp³-hybridized carbons (Fsp3) is 0.833. The maximum atomic E-state index is 11.1. The van der Waals surface area contributed by atoms with Crippen LogP contribution >= 0.6 is 0 Å². The number of esters is 2. The molecule has 0 aromatic carbocycles. The van der Waals surface area contributed by atoms with Gasteiger partial charge in [-0.25, -0.2) is 0 Å². The predicted octanol–water partition coefficient (Wildman–Crippen LogP) is -2.69. The second-order valence-corrected chi connectivity index (χ2v) is 4.65. The molecule has 0 saturated carbocycles. The average molecular weight is 310 g/mol. The summed E-state index contributed by atoms with van der Waals surface area (Å²) in [4.78, 5) is 21.7. The first-order valence-corrected chi connectivity index (χ1v) is 6.34. The first kappa shape index (κ1) is 19.7. The number of carbonyl (C=O) groups excluding carboxylic acids is 2. The highest BCUT2D eigenvalue weighted by atomic mass is 16.5. The van der Waals surface area contributed by atoms with Gasteiger partial charge in [0.1, 0.15) is 37.6 Å². The van der Waals surface area contributed by atoms with Gasteiger partial charge in [-0.2, -0.15) is 0 Å². The van der Waals surface area contributed by atoms with E-state index in [1.165, 1.54) is 6.92 Å². The third kappa shape index (κ3) is 8.58. The lowest BCUT2D eigenvalue weighted by molar-refractivity contribution is -0.162. The predicted molar refractivity (Wildman–Crippen MR) is 67.9 cm³/mol. The number of hydrogen-bond acceptors (Lipinski definition) is 9. The maximum Gasteiger partial charge on any atom is 0.308 e. The Morgan fingerprint density at radius 1 is 0.905 bits per heavy atom. The lowest BCUT2D eigenvalue weighted by Crippen LogP contribution is -2.48. The molecule has 0 aliphatic heterocycles. The zero-order valence-corrected chi connectivity index (χ0v) is 11.9. The van der Waals surface area contributed by atoms with Gasteiger partial charge < -0.3 is 35.0 Å². The van der Waals surface area contributed by atoms with E-state index in [1.807, 2.05) is 0 Å². The minimum Gasteiger partial charge on any atom is -0.463 e. The fourth-order valence-electron chi connectivity index (χ4n) is 1.33. The summed E-state index contributed by atoms with van der Waals surface area (Å²) in [6.45, 7) is 1.31. The van der Waals surface area contributed by atoms with Gasteiger partial charge in [0.2, 0.25) is 0 Å². The Morgan fingerprint density at radius 2 is 1.33 bits per heavy atom. The Kier molecular flexibility index (Phi) is 9.06. The number of ether oxygens (including phenoxy) is 2. The molecule has 5 atom stereocenters. The lowest BCUT2D eigenvalue weighted by atomic mass is 10.0. The van der Waals surface area contributed by atoms with Crippen molar-refractivity contribution >= 4 is 11.9 Å². The summed E-state index contributed by atoms with van der Waals surface area (Å²) in [6.07, 6.45) is -8.04. The van der Waals surface area contributed by atoms with E-state index in [4.69, 9.17) is 5.11 Å². The fourth-order valence-corrected chi connectivity index (χ4v) is 1.33. The van der Waals surface area contributed by atoms with Crippen LogP contribution in [0.4, 0.5) is 0 Å². The van der Waals surface area contributed by atoms with E-state index in [-0.39, 0.29) is 6.42 Å². The van der Waals surface area contributed by atoms with Crippen LogP contribution < -0.4 is 0 Å². The Morgan fingerprint density at radius 3 is 1.71 bits per heavy atom. The molecule has 9 nitrogen and oxygen atoms in total. The molecule has 0 bridgehead atoms. The topological polar surface area (TPSA) is 154 Å². The van der Waals surface area contributed by atoms with Crippen LogP contribution in [0.2, 0.25) is 0 Å². The summed E-state index contributed by atoms with van der Waals surface area (Å²) in [5.74, 6) is -1.46. The summed E-state index contributed by atoms with van der Waals surface area (Å²) in [5, 5.41) is 47.0. The summed E-state index contributed by atoms with van der Waals surface area (Å²) in [5.41, 5.74) is 0. The molecule has 124 valence electrons. The minimum atomic E-state index is -1.81. The van der Waals surface area contributed by atoms with E-state index in [1.54, 1.807) is 0 Å². The molecule has 0 spiro atoms. The SMILES string of the molecule is CC(=O)OC[C@H](O)[C@H](O)[C@@H](O)[C@@H](O)COC(=O)CC(C)O. The number of aliphatic hydroxyl groups is 5. The molecule has 0 saturated heterocycles. The van der Waals surface area contributed by atoms with E-state index >= 15 is 0 Å². The van der Waals surface area contributed by atoms with Crippen LogP contribution in [-0.4, -0.2) is 81.2 Å². The Hall–Kier alpha value is -1.26. The minimum absolute atomic E-state index is 0.277. The zero-order chi connectivity index (χ0) is 16.6. The van der Waals surface area contributed by atoms with Gasteiger partial charge in [0.05, 0.1) is 12.5 Å². The molecule has 0 rings (SSSR count). The van der Waals surface area contributed by atoms with Gasteiger partial charge in [-0.3, -0.25) is 9.59 Å². The largest absolute Gasteiger partial charge is 0.463 e. The maximum absolute atomic E-state index is 11.1. The van der Waals surface area contributed by atoms with Gasteiger partial charge in [0, 0.05) is 6.92 Å². The van der Waals surface area contributed by atoms with Crippen molar-refractivity contribution in [3.8, 4) is 0 Å². The smallest absolute Gasteiger partial charge is 0.308 e. The number of hydrogen-bond donors (Lipinski definition) is 5. The molecule has 0 aliphatic carbocycles. The van der Waals surface area contributed by atoms with Crippen molar-refractivity contribution < 1.29 is 44.6 Å². The second kappa shape index (κ2) is 9.64. The molecule has 0 aromatic heterocycles. The van der Waals surface area contributed by atoms with Gasteiger partial charge in [-0.15, -0.1) is 0 Å². The Labute approximate surface area is 121 Å². The molecular formula is C12H22O9. The average Bonchev–Trinajstić information content (AvgIpc) is 2.39. The molecule has 9 heteroatoms. The molecule has 0 fully saturated rings. The van der Waals surface area contributed by atoms with Crippen LogP contribution in [0.25, 0.3) is 0 Å². The van der Waals surface area contributed by atoms with Gasteiger partial charge in [0.15, 0.2) is 0 Å². The van der Waals surface area contributed by atoms with Gasteiger partial charge in [0.25, 0.3) is 0 Å². The normalized spacial score (nSPS) is 18.2. The summed E-state index contributed by atoms with van der Waals surface area (Å²) in [6, 6.07) is 0. The van der Waals surface area contributed by atoms with Crippen molar-refractivity contribution in [1.29, 1.82) is 0 Å². The lowest BCUT2D eigenvalue weighted by Gasteiger charge is -2.26. The van der Waals surface area contributed by atoms with Gasteiger partial charge >= 0.3 is 11.9 Å². The van der Waals surface area contributed by atoms with Crippen LogP contribution in [0.3, 0.4) is 0 Å². The zero-order valence-electron chi connectivity index (χ0n) is 11.9. The van der Waals surface area contributed by atoms with E-state index < -0.39 is 55.7 Å². The van der Waals surface area contributed by atoms with E-state index in [0.29, 0.717) is 0 Å². The monoisotopic (exact) mass is 310 g/mol. The van der Waals surface area contributed by atoms with Gasteiger partial charge in [-0.05, 0) is 6.92 Å². The van der Waals surface area contributed by atoms with Crippen molar-refractivity contribution in [2.24, 2.45) is 0 Å². The van der Waals surface area contributed by atoms with Crippen LogP contribution in [-0.2, 0) is 19.1 Å². The highest BCUT2D eigenvalue weighted by molar-refractivity contribution is 5.69. The van der Waals surface area contributed by atoms with Crippen molar-refractivity contribution in [3.05, 3.63) is 0 Å². The van der Waals surface area contributed by atoms with Crippen LogP contribution in [0.5, 0.6) is 0 Å². The third-order valence-electron chi connectivity index (χ3n) is 2.47. The highest BCUT2D eigenvalue weighted by Crippen LogP contribution is 2.07. The van der Waals surface area contributed by atoms with E-state index in [2.05, 4.69) is 9.47 Å². The molecule has 0 amide bonds. The Bertz CT molecular complexity index is 331. The molecular weight excluding hydrogens is 288 g/mol. The first-order valence-electron chi connectivity index (χ1n) is 6.34. The standard InChI is InChI=1S/C12H22O9/c1-6(13)3-10(17)21-5-9(16)12(19)11(18)8(15)4-20-7(2)14/h6,8-9,11-13,15-16,18-19H,3-5H2,1-2H3/t6?,8-,9-,11-,12-/m0/s1. The van der Waals surface area contributed by atoms with E-state index in [9.17, 15) is 30.0 Å². The molecule has 1 unspecified atom stereocenters. The van der Waals surface area contributed by atoms with Crippen molar-refractivity contribution in [3.63, 3.8) is 0 Å². The van der Waals surface area contributed by atoms with Crippen molar-refractivity contribution in [2.75, 3.05) is 13.2 Å².